The van der Waals surface area contributed by atoms with Crippen molar-refractivity contribution in [2.24, 2.45) is 0 Å². The highest BCUT2D eigenvalue weighted by Crippen LogP contribution is 2.19. The van der Waals surface area contributed by atoms with E-state index in [0.29, 0.717) is 0 Å². The quantitative estimate of drug-likeness (QED) is 0.495. The summed E-state index contributed by atoms with van der Waals surface area (Å²) >= 11 is 2.31. The Bertz CT molecular complexity index is 1050. The molecule has 3 rings (SSSR count). The number of halogens is 1. The van der Waals surface area contributed by atoms with Crippen LogP contribution >= 0.6 is 22.6 Å². The van der Waals surface area contributed by atoms with Gasteiger partial charge in [0.05, 0.1) is 16.7 Å². The number of alkyl halides is 1. The molecular weight excluding hydrogens is 423 g/mol. The summed E-state index contributed by atoms with van der Waals surface area (Å²) in [4.78, 5) is 0. The van der Waals surface area contributed by atoms with E-state index in [0.717, 1.165) is 37.5 Å². The summed E-state index contributed by atoms with van der Waals surface area (Å²) in [6, 6.07) is 12.0. The van der Waals surface area contributed by atoms with Crippen LogP contribution in [0, 0.1) is 20.8 Å². The molecule has 25 heavy (non-hydrogen) atoms. The maximum Gasteiger partial charge on any atom is 0.123 e. The molecule has 3 aromatic rings. The fourth-order valence-corrected chi connectivity index (χ4v) is 3.35. The van der Waals surface area contributed by atoms with Gasteiger partial charge in [0.1, 0.15) is 5.75 Å². The van der Waals surface area contributed by atoms with E-state index in [1.165, 1.54) is 11.1 Å². The fraction of sp³-hybridized carbons (Fsp3) is 0.190. The zero-order valence-electron chi connectivity index (χ0n) is 14.7. The summed E-state index contributed by atoms with van der Waals surface area (Å²) in [6.07, 6.45) is 1.97. The van der Waals surface area contributed by atoms with Gasteiger partial charge < -0.3 is 5.11 Å². The first-order valence-electron chi connectivity index (χ1n) is 8.12. The van der Waals surface area contributed by atoms with E-state index >= 15 is 0 Å². The number of nitrogens with zero attached hydrogens (tertiary/aromatic N) is 2. The SMILES string of the molecule is C=c1/c(=C\c2ccc(C)cc2O)c(CI)nn1-c1ccc(C)c(C)c1. The van der Waals surface area contributed by atoms with Crippen LogP contribution < -0.4 is 10.6 Å². The summed E-state index contributed by atoms with van der Waals surface area (Å²) < 4.78 is 2.66. The number of hydrogen-bond acceptors (Lipinski definition) is 2. The zero-order valence-corrected chi connectivity index (χ0v) is 16.8. The minimum absolute atomic E-state index is 0.276. The normalized spacial score (nSPS) is 11.9. The van der Waals surface area contributed by atoms with Crippen LogP contribution in [-0.4, -0.2) is 14.9 Å². The number of aromatic nitrogens is 2. The van der Waals surface area contributed by atoms with Crippen LogP contribution in [0.15, 0.2) is 36.4 Å². The van der Waals surface area contributed by atoms with Crippen LogP contribution in [0.1, 0.15) is 27.9 Å². The Labute approximate surface area is 161 Å². The second-order valence-corrected chi connectivity index (χ2v) is 7.09. The minimum Gasteiger partial charge on any atom is -0.507 e. The molecule has 2 aromatic carbocycles. The Morgan fingerprint density at radius 1 is 1.12 bits per heavy atom. The van der Waals surface area contributed by atoms with E-state index < -0.39 is 0 Å². The van der Waals surface area contributed by atoms with Crippen molar-refractivity contribution in [2.45, 2.75) is 25.2 Å². The predicted molar refractivity (Wildman–Crippen MR) is 112 cm³/mol. The van der Waals surface area contributed by atoms with Crippen LogP contribution in [0.25, 0.3) is 18.3 Å². The lowest BCUT2D eigenvalue weighted by atomic mass is 10.1. The lowest BCUT2D eigenvalue weighted by Gasteiger charge is -2.05. The van der Waals surface area contributed by atoms with Gasteiger partial charge in [-0.2, -0.15) is 5.10 Å². The van der Waals surface area contributed by atoms with Crippen LogP contribution in [0.5, 0.6) is 5.75 Å². The van der Waals surface area contributed by atoms with E-state index in [-0.39, 0.29) is 5.75 Å². The molecule has 0 atom stereocenters. The molecule has 0 spiro atoms. The van der Waals surface area contributed by atoms with Crippen LogP contribution in [0.4, 0.5) is 0 Å². The average molecular weight is 444 g/mol. The second-order valence-electron chi connectivity index (χ2n) is 6.33. The summed E-state index contributed by atoms with van der Waals surface area (Å²) in [6.45, 7) is 10.4. The first-order valence-corrected chi connectivity index (χ1v) is 9.65. The van der Waals surface area contributed by atoms with Crippen LogP contribution in [0.2, 0.25) is 0 Å². The Morgan fingerprint density at radius 3 is 2.52 bits per heavy atom. The molecule has 0 saturated carbocycles. The molecule has 0 aliphatic heterocycles. The maximum absolute atomic E-state index is 10.2. The Hall–Kier alpha value is -2.08. The highest BCUT2D eigenvalue weighted by molar-refractivity contribution is 14.1. The van der Waals surface area contributed by atoms with Crippen LogP contribution in [0.3, 0.4) is 0 Å². The van der Waals surface area contributed by atoms with Gasteiger partial charge in [0.15, 0.2) is 0 Å². The molecular formula is C21H21IN2O. The monoisotopic (exact) mass is 444 g/mol. The molecule has 4 heteroatoms. The molecule has 3 nitrogen and oxygen atoms in total. The molecule has 0 bridgehead atoms. The first kappa shape index (κ1) is 17.7. The van der Waals surface area contributed by atoms with Gasteiger partial charge in [0, 0.05) is 15.2 Å². The lowest BCUT2D eigenvalue weighted by molar-refractivity contribution is 0.473. The van der Waals surface area contributed by atoms with Crippen molar-refractivity contribution in [3.05, 3.63) is 74.9 Å². The molecule has 0 saturated heterocycles. The number of phenols is 1. The largest absolute Gasteiger partial charge is 0.507 e. The minimum atomic E-state index is 0.276. The van der Waals surface area contributed by atoms with Gasteiger partial charge in [0.2, 0.25) is 0 Å². The van der Waals surface area contributed by atoms with E-state index in [2.05, 4.69) is 61.2 Å². The van der Waals surface area contributed by atoms with E-state index in [1.807, 2.05) is 29.8 Å². The van der Waals surface area contributed by atoms with Crippen LogP contribution in [-0.2, 0) is 4.43 Å². The molecule has 0 amide bonds. The predicted octanol–water partition coefficient (Wildman–Crippen LogP) is 3.68. The Morgan fingerprint density at radius 2 is 1.88 bits per heavy atom. The van der Waals surface area contributed by atoms with Crippen molar-refractivity contribution >= 4 is 35.2 Å². The highest BCUT2D eigenvalue weighted by atomic mass is 127. The lowest BCUT2D eigenvalue weighted by Crippen LogP contribution is -2.28. The molecule has 0 unspecified atom stereocenters. The van der Waals surface area contributed by atoms with Gasteiger partial charge in [0.25, 0.3) is 0 Å². The van der Waals surface area contributed by atoms with Crippen molar-refractivity contribution in [1.82, 2.24) is 9.78 Å². The fourth-order valence-electron chi connectivity index (χ4n) is 2.78. The highest BCUT2D eigenvalue weighted by Gasteiger charge is 2.09. The van der Waals surface area contributed by atoms with Gasteiger partial charge in [-0.3, -0.25) is 0 Å². The van der Waals surface area contributed by atoms with Gasteiger partial charge in [-0.1, -0.05) is 47.4 Å². The molecule has 0 radical (unpaired) electrons. The van der Waals surface area contributed by atoms with Crippen molar-refractivity contribution in [3.8, 4) is 11.4 Å². The number of benzene rings is 2. The topological polar surface area (TPSA) is 38.1 Å². The van der Waals surface area contributed by atoms with Crippen molar-refractivity contribution in [2.75, 3.05) is 0 Å². The number of aromatic hydroxyl groups is 1. The molecule has 0 aliphatic carbocycles. The Balaban J connectivity index is 2.21. The molecule has 1 N–H and O–H groups in total. The molecule has 1 heterocycles. The molecule has 1 aromatic heterocycles. The van der Waals surface area contributed by atoms with Gasteiger partial charge >= 0.3 is 0 Å². The summed E-state index contributed by atoms with van der Waals surface area (Å²) in [7, 11) is 0. The summed E-state index contributed by atoms with van der Waals surface area (Å²) in [5.74, 6) is 0.276. The number of hydrogen-bond donors (Lipinski definition) is 1. The van der Waals surface area contributed by atoms with Crippen molar-refractivity contribution in [3.63, 3.8) is 0 Å². The number of aryl methyl sites for hydroxylation is 3. The third kappa shape index (κ3) is 3.49. The second kappa shape index (κ2) is 7.04. The molecule has 0 fully saturated rings. The van der Waals surface area contributed by atoms with Gasteiger partial charge in [-0.25, -0.2) is 4.68 Å². The number of rotatable bonds is 3. The summed E-state index contributed by atoms with van der Waals surface area (Å²) in [5.41, 5.74) is 6.26. The number of phenolic OH excluding ortho intramolecular Hbond substituents is 1. The first-order chi connectivity index (χ1) is 11.9. The van der Waals surface area contributed by atoms with E-state index in [9.17, 15) is 5.11 Å². The van der Waals surface area contributed by atoms with Gasteiger partial charge in [-0.05, 0) is 61.7 Å². The standard InChI is InChI=1S/C21H21IN2O/c1-13-5-7-17(21(25)9-13)11-19-16(4)24(23-20(19)12-22)18-8-6-14(2)15(3)10-18/h5-11,25H,4,12H2,1-3H3/b19-11+. The zero-order chi connectivity index (χ0) is 18.1. The summed E-state index contributed by atoms with van der Waals surface area (Å²) in [5, 5.41) is 16.8. The smallest absolute Gasteiger partial charge is 0.123 e. The van der Waals surface area contributed by atoms with Gasteiger partial charge in [-0.15, -0.1) is 0 Å². The Kier molecular flexibility index (Phi) is 4.99. The van der Waals surface area contributed by atoms with E-state index in [4.69, 9.17) is 5.10 Å². The van der Waals surface area contributed by atoms with E-state index in [1.54, 1.807) is 6.07 Å². The average Bonchev–Trinajstić information content (AvgIpc) is 2.89. The maximum atomic E-state index is 10.2. The van der Waals surface area contributed by atoms with Crippen molar-refractivity contribution in [1.29, 1.82) is 0 Å². The third-order valence-corrected chi connectivity index (χ3v) is 5.17. The molecule has 128 valence electrons. The third-order valence-electron chi connectivity index (χ3n) is 4.45. The van der Waals surface area contributed by atoms with Crippen molar-refractivity contribution < 1.29 is 5.11 Å². The molecule has 0 aliphatic rings.